The van der Waals surface area contributed by atoms with E-state index >= 15 is 0 Å². The van der Waals surface area contributed by atoms with Gasteiger partial charge in [0.1, 0.15) is 11.6 Å². The smallest absolute Gasteiger partial charge is 0.318 e. The molecule has 2 aromatic rings. The highest BCUT2D eigenvalue weighted by Crippen LogP contribution is 2.32. The van der Waals surface area contributed by atoms with E-state index in [0.717, 1.165) is 6.42 Å². The van der Waals surface area contributed by atoms with Crippen molar-refractivity contribution < 1.29 is 18.8 Å². The molecule has 0 spiro atoms. The molecular formula is C20H22FN3O4. The van der Waals surface area contributed by atoms with Crippen molar-refractivity contribution in [1.82, 2.24) is 10.2 Å². The molecule has 28 heavy (non-hydrogen) atoms. The number of benzene rings is 2. The lowest BCUT2D eigenvalue weighted by Gasteiger charge is -2.28. The molecule has 1 aliphatic rings. The van der Waals surface area contributed by atoms with Gasteiger partial charge in [-0.2, -0.15) is 0 Å². The van der Waals surface area contributed by atoms with Crippen molar-refractivity contribution in [2.24, 2.45) is 0 Å². The quantitative estimate of drug-likeness (QED) is 0.624. The fraction of sp³-hybridized carbons (Fsp3) is 0.350. The summed E-state index contributed by atoms with van der Waals surface area (Å²) >= 11 is 0. The SMILES string of the molecule is C[C@@H](c1cccc([N+](=O)[O-])c1)N(C)C(=O)N[C@H]1CCCOc2ccc(F)cc21. The maximum atomic E-state index is 13.7. The van der Waals surface area contributed by atoms with Crippen LogP contribution in [-0.4, -0.2) is 29.5 Å². The molecule has 2 amide bonds. The van der Waals surface area contributed by atoms with Gasteiger partial charge in [0.2, 0.25) is 0 Å². The number of non-ortho nitro benzene ring substituents is 1. The molecule has 1 heterocycles. The maximum Gasteiger partial charge on any atom is 0.318 e. The minimum atomic E-state index is -0.465. The molecule has 7 nitrogen and oxygen atoms in total. The molecule has 8 heteroatoms. The van der Waals surface area contributed by atoms with Crippen LogP contribution in [0.1, 0.15) is 43.0 Å². The van der Waals surface area contributed by atoms with E-state index in [0.29, 0.717) is 29.9 Å². The summed E-state index contributed by atoms with van der Waals surface area (Å²) in [6.45, 7) is 2.30. The summed E-state index contributed by atoms with van der Waals surface area (Å²) in [5.41, 5.74) is 1.24. The number of amides is 2. The second-order valence-electron chi connectivity index (χ2n) is 6.81. The highest BCUT2D eigenvalue weighted by molar-refractivity contribution is 5.75. The van der Waals surface area contributed by atoms with Crippen molar-refractivity contribution >= 4 is 11.7 Å². The number of nitro benzene ring substituents is 1. The first-order valence-corrected chi connectivity index (χ1v) is 9.06. The lowest BCUT2D eigenvalue weighted by atomic mass is 10.0. The second kappa shape index (κ2) is 8.24. The van der Waals surface area contributed by atoms with Crippen LogP contribution in [0.3, 0.4) is 0 Å². The van der Waals surface area contributed by atoms with Crippen molar-refractivity contribution in [3.05, 3.63) is 69.5 Å². The van der Waals surface area contributed by atoms with Crippen molar-refractivity contribution in [2.45, 2.75) is 31.8 Å². The second-order valence-corrected chi connectivity index (χ2v) is 6.81. The molecule has 2 atom stereocenters. The molecule has 1 aliphatic heterocycles. The standard InChI is InChI=1S/C20H22FN3O4/c1-13(14-5-3-6-16(11-14)24(26)27)23(2)20(25)22-18-7-4-10-28-19-9-8-15(21)12-17(18)19/h3,5-6,8-9,11-13,18H,4,7,10H2,1-2H3,(H,22,25)/t13-,18-/m0/s1. The van der Waals surface area contributed by atoms with E-state index in [1.165, 1.54) is 29.2 Å². The van der Waals surface area contributed by atoms with Crippen LogP contribution >= 0.6 is 0 Å². The summed E-state index contributed by atoms with van der Waals surface area (Å²) in [7, 11) is 1.62. The Labute approximate surface area is 162 Å². The van der Waals surface area contributed by atoms with Crippen LogP contribution in [0.25, 0.3) is 0 Å². The number of hydrogen-bond donors (Lipinski definition) is 1. The molecule has 0 saturated heterocycles. The number of rotatable bonds is 4. The van der Waals surface area contributed by atoms with Gasteiger partial charge in [-0.15, -0.1) is 0 Å². The van der Waals surface area contributed by atoms with E-state index in [4.69, 9.17) is 4.74 Å². The van der Waals surface area contributed by atoms with Gasteiger partial charge >= 0.3 is 6.03 Å². The Morgan fingerprint density at radius 3 is 2.89 bits per heavy atom. The lowest BCUT2D eigenvalue weighted by molar-refractivity contribution is -0.384. The van der Waals surface area contributed by atoms with Crippen LogP contribution in [0, 0.1) is 15.9 Å². The minimum absolute atomic E-state index is 0.0246. The van der Waals surface area contributed by atoms with Crippen LogP contribution in [0.2, 0.25) is 0 Å². The summed E-state index contributed by atoms with van der Waals surface area (Å²) < 4.78 is 19.3. The monoisotopic (exact) mass is 387 g/mol. The van der Waals surface area contributed by atoms with Gasteiger partial charge < -0.3 is 15.0 Å². The van der Waals surface area contributed by atoms with Crippen molar-refractivity contribution in [2.75, 3.05) is 13.7 Å². The van der Waals surface area contributed by atoms with Crippen LogP contribution in [0.15, 0.2) is 42.5 Å². The maximum absolute atomic E-state index is 13.7. The molecular weight excluding hydrogens is 365 g/mol. The predicted molar refractivity (Wildman–Crippen MR) is 102 cm³/mol. The molecule has 0 saturated carbocycles. The van der Waals surface area contributed by atoms with Crippen LogP contribution in [-0.2, 0) is 0 Å². The van der Waals surface area contributed by atoms with E-state index in [2.05, 4.69) is 5.32 Å². The number of nitrogens with zero attached hydrogens (tertiary/aromatic N) is 2. The lowest BCUT2D eigenvalue weighted by Crippen LogP contribution is -2.40. The Morgan fingerprint density at radius 2 is 2.14 bits per heavy atom. The van der Waals surface area contributed by atoms with Gasteiger partial charge in [-0.1, -0.05) is 12.1 Å². The van der Waals surface area contributed by atoms with E-state index in [1.54, 1.807) is 32.2 Å². The molecule has 0 bridgehead atoms. The van der Waals surface area contributed by atoms with Crippen molar-refractivity contribution in [3.63, 3.8) is 0 Å². The van der Waals surface area contributed by atoms with Gasteiger partial charge in [-0.3, -0.25) is 10.1 Å². The van der Waals surface area contributed by atoms with Crippen molar-refractivity contribution in [3.8, 4) is 5.75 Å². The van der Waals surface area contributed by atoms with Crippen molar-refractivity contribution in [1.29, 1.82) is 0 Å². The number of ether oxygens (including phenoxy) is 1. The fourth-order valence-electron chi connectivity index (χ4n) is 3.25. The Kier molecular flexibility index (Phi) is 5.77. The average molecular weight is 387 g/mol. The van der Waals surface area contributed by atoms with Gasteiger partial charge in [0.15, 0.2) is 0 Å². The largest absolute Gasteiger partial charge is 0.493 e. The number of fused-ring (bicyclic) bond motifs is 1. The fourth-order valence-corrected chi connectivity index (χ4v) is 3.25. The minimum Gasteiger partial charge on any atom is -0.493 e. The molecule has 0 aromatic heterocycles. The zero-order chi connectivity index (χ0) is 20.3. The normalized spacial score (nSPS) is 16.9. The van der Waals surface area contributed by atoms with E-state index in [9.17, 15) is 19.3 Å². The third-order valence-corrected chi connectivity index (χ3v) is 5.00. The van der Waals surface area contributed by atoms with Crippen LogP contribution in [0.4, 0.5) is 14.9 Å². The molecule has 148 valence electrons. The molecule has 0 unspecified atom stereocenters. The summed E-state index contributed by atoms with van der Waals surface area (Å²) in [4.78, 5) is 24.8. The summed E-state index contributed by atoms with van der Waals surface area (Å²) in [5, 5.41) is 13.9. The van der Waals surface area contributed by atoms with Crippen LogP contribution < -0.4 is 10.1 Å². The Bertz CT molecular complexity index is 890. The molecule has 1 N–H and O–H groups in total. The third kappa shape index (κ3) is 4.21. The van der Waals surface area contributed by atoms with Crippen LogP contribution in [0.5, 0.6) is 5.75 Å². The van der Waals surface area contributed by atoms with E-state index < -0.39 is 4.92 Å². The number of halogens is 1. The first kappa shape index (κ1) is 19.6. The molecule has 0 aliphatic carbocycles. The number of carbonyl (C=O) groups excluding carboxylic acids is 1. The number of carbonyl (C=O) groups is 1. The van der Waals surface area contributed by atoms with Gasteiger partial charge in [0.25, 0.3) is 5.69 Å². The molecule has 0 radical (unpaired) electrons. The summed E-state index contributed by atoms with van der Waals surface area (Å²) in [6.07, 6.45) is 1.35. The molecule has 0 fully saturated rings. The number of nitro groups is 1. The third-order valence-electron chi connectivity index (χ3n) is 5.00. The number of hydrogen-bond acceptors (Lipinski definition) is 4. The average Bonchev–Trinajstić information content (AvgIpc) is 2.88. The molecule has 2 aromatic carbocycles. The summed E-state index contributed by atoms with van der Waals surface area (Å²) in [6, 6.07) is 9.39. The van der Waals surface area contributed by atoms with Gasteiger partial charge in [0.05, 0.1) is 23.6 Å². The Hall–Kier alpha value is -3.16. The number of urea groups is 1. The van der Waals surface area contributed by atoms with Gasteiger partial charge in [-0.05, 0) is 43.5 Å². The van der Waals surface area contributed by atoms with Gasteiger partial charge in [-0.25, -0.2) is 9.18 Å². The highest BCUT2D eigenvalue weighted by Gasteiger charge is 2.25. The molecule has 3 rings (SSSR count). The first-order valence-electron chi connectivity index (χ1n) is 9.06. The van der Waals surface area contributed by atoms with Gasteiger partial charge in [0, 0.05) is 24.7 Å². The zero-order valence-electron chi connectivity index (χ0n) is 15.7. The Balaban J connectivity index is 1.76. The van der Waals surface area contributed by atoms with E-state index in [1.807, 2.05) is 0 Å². The van der Waals surface area contributed by atoms with E-state index in [-0.39, 0.29) is 29.6 Å². The Morgan fingerprint density at radius 1 is 1.36 bits per heavy atom. The predicted octanol–water partition coefficient (Wildman–Crippen LogP) is 4.35. The zero-order valence-corrected chi connectivity index (χ0v) is 15.7. The topological polar surface area (TPSA) is 84.7 Å². The first-order chi connectivity index (χ1) is 13.4. The number of nitrogens with one attached hydrogen (secondary N) is 1. The summed E-state index contributed by atoms with van der Waals surface area (Å²) in [5.74, 6) is 0.181. The highest BCUT2D eigenvalue weighted by atomic mass is 19.1.